The van der Waals surface area contributed by atoms with E-state index >= 15 is 0 Å². The van der Waals surface area contributed by atoms with E-state index in [0.717, 1.165) is 68.3 Å². The number of hydrogen-bond acceptors (Lipinski definition) is 6. The van der Waals surface area contributed by atoms with Crippen molar-refractivity contribution in [1.82, 2.24) is 9.80 Å². The van der Waals surface area contributed by atoms with Crippen LogP contribution in [-0.2, 0) is 4.79 Å². The lowest BCUT2D eigenvalue weighted by atomic mass is 10.0. The lowest BCUT2D eigenvalue weighted by Crippen LogP contribution is -2.50. The maximum absolute atomic E-state index is 13.2. The van der Waals surface area contributed by atoms with Gasteiger partial charge in [0.25, 0.3) is 0 Å². The molecule has 0 radical (unpaired) electrons. The number of nitrogens with zero attached hydrogens (tertiary/aromatic N) is 3. The summed E-state index contributed by atoms with van der Waals surface area (Å²) in [6.07, 6.45) is 2.00. The fourth-order valence-electron chi connectivity index (χ4n) is 4.84. The Labute approximate surface area is 182 Å². The molecule has 0 bridgehead atoms. The first-order chi connectivity index (χ1) is 15.2. The Morgan fingerprint density at radius 2 is 1.74 bits per heavy atom. The highest BCUT2D eigenvalue weighted by molar-refractivity contribution is 5.79. The van der Waals surface area contributed by atoms with Crippen molar-refractivity contribution >= 4 is 11.6 Å². The van der Waals surface area contributed by atoms with E-state index in [1.807, 2.05) is 35.2 Å². The monoisotopic (exact) mass is 423 g/mol. The molecule has 0 spiro atoms. The van der Waals surface area contributed by atoms with Gasteiger partial charge in [-0.15, -0.1) is 0 Å². The van der Waals surface area contributed by atoms with E-state index in [2.05, 4.69) is 15.9 Å². The molecule has 7 heteroatoms. The number of likely N-dealkylation sites (tertiary alicyclic amines) is 1. The quantitative estimate of drug-likeness (QED) is 0.816. The molecule has 2 fully saturated rings. The minimum absolute atomic E-state index is 0.103. The van der Waals surface area contributed by atoms with Gasteiger partial charge in [0.2, 0.25) is 5.91 Å². The third-order valence-corrected chi connectivity index (χ3v) is 6.48. The minimum atomic E-state index is 0.103. The van der Waals surface area contributed by atoms with Crippen LogP contribution in [0.4, 0.5) is 5.69 Å². The first kappa shape index (κ1) is 20.0. The number of carbonyl (C=O) groups excluding carboxylic acids is 1. The second-order valence-electron chi connectivity index (χ2n) is 8.40. The van der Waals surface area contributed by atoms with Gasteiger partial charge in [0, 0.05) is 32.7 Å². The molecule has 1 N–H and O–H groups in total. The third-order valence-electron chi connectivity index (χ3n) is 6.48. The van der Waals surface area contributed by atoms with Crippen molar-refractivity contribution in [2.75, 3.05) is 57.4 Å². The summed E-state index contributed by atoms with van der Waals surface area (Å²) < 4.78 is 11.4. The molecule has 2 aromatic rings. The largest absolute Gasteiger partial charge is 0.506 e. The molecule has 1 unspecified atom stereocenters. The van der Waals surface area contributed by atoms with E-state index < -0.39 is 0 Å². The van der Waals surface area contributed by atoms with Crippen LogP contribution in [0.3, 0.4) is 0 Å². The molecule has 0 aromatic heterocycles. The zero-order chi connectivity index (χ0) is 21.2. The van der Waals surface area contributed by atoms with Gasteiger partial charge in [-0.25, -0.2) is 0 Å². The Hall–Kier alpha value is -2.93. The molecule has 3 aliphatic rings. The molecule has 0 aliphatic carbocycles. The molecule has 0 saturated carbocycles. The first-order valence-corrected chi connectivity index (χ1v) is 11.1. The average molecular weight is 424 g/mol. The summed E-state index contributed by atoms with van der Waals surface area (Å²) in [6.45, 7) is 5.61. The second-order valence-corrected chi connectivity index (χ2v) is 8.40. The molecule has 3 heterocycles. The van der Waals surface area contributed by atoms with Crippen LogP contribution in [0.1, 0.15) is 24.4 Å². The highest BCUT2D eigenvalue weighted by Gasteiger charge is 2.32. The number of anilines is 1. The maximum atomic E-state index is 13.2. The van der Waals surface area contributed by atoms with Gasteiger partial charge in [-0.3, -0.25) is 9.69 Å². The Kier molecular flexibility index (Phi) is 5.59. The normalized spacial score (nSPS) is 21.4. The van der Waals surface area contributed by atoms with Crippen LogP contribution in [0.25, 0.3) is 0 Å². The Morgan fingerprint density at radius 1 is 0.968 bits per heavy atom. The fraction of sp³-hybridized carbons (Fsp3) is 0.458. The molecular formula is C24H29N3O4. The molecule has 2 aromatic carbocycles. The summed E-state index contributed by atoms with van der Waals surface area (Å²) in [5.74, 6) is 2.07. The van der Waals surface area contributed by atoms with Crippen molar-refractivity contribution in [2.45, 2.75) is 18.9 Å². The molecule has 1 atom stereocenters. The molecular weight excluding hydrogens is 394 g/mol. The van der Waals surface area contributed by atoms with Crippen molar-refractivity contribution in [3.05, 3.63) is 48.0 Å². The fourth-order valence-corrected chi connectivity index (χ4v) is 4.84. The number of rotatable bonds is 4. The van der Waals surface area contributed by atoms with Crippen LogP contribution in [0, 0.1) is 0 Å². The van der Waals surface area contributed by atoms with Gasteiger partial charge in [0.1, 0.15) is 19.0 Å². The number of amides is 1. The molecule has 3 aliphatic heterocycles. The lowest BCUT2D eigenvalue weighted by molar-refractivity contribution is -0.133. The summed E-state index contributed by atoms with van der Waals surface area (Å²) in [6, 6.07) is 13.6. The van der Waals surface area contributed by atoms with E-state index in [9.17, 15) is 9.90 Å². The predicted octanol–water partition coefficient (Wildman–Crippen LogP) is 2.65. The van der Waals surface area contributed by atoms with Gasteiger partial charge in [0.15, 0.2) is 11.5 Å². The number of benzene rings is 2. The summed E-state index contributed by atoms with van der Waals surface area (Å²) in [5, 5.41) is 10.1. The van der Waals surface area contributed by atoms with Gasteiger partial charge in [0.05, 0.1) is 18.3 Å². The van der Waals surface area contributed by atoms with Gasteiger partial charge in [-0.2, -0.15) is 0 Å². The van der Waals surface area contributed by atoms with Crippen LogP contribution >= 0.6 is 0 Å². The highest BCUT2D eigenvalue weighted by atomic mass is 16.6. The van der Waals surface area contributed by atoms with Gasteiger partial charge < -0.3 is 24.4 Å². The summed E-state index contributed by atoms with van der Waals surface area (Å²) in [5.41, 5.74) is 1.99. The van der Waals surface area contributed by atoms with E-state index in [0.29, 0.717) is 25.5 Å². The third kappa shape index (κ3) is 4.14. The number of para-hydroxylation sites is 2. The molecule has 7 nitrogen and oxygen atoms in total. The summed E-state index contributed by atoms with van der Waals surface area (Å²) in [4.78, 5) is 19.6. The van der Waals surface area contributed by atoms with Crippen LogP contribution in [0.5, 0.6) is 17.2 Å². The van der Waals surface area contributed by atoms with E-state index in [1.165, 1.54) is 0 Å². The topological polar surface area (TPSA) is 65.5 Å². The van der Waals surface area contributed by atoms with Crippen molar-refractivity contribution < 1.29 is 19.4 Å². The Balaban J connectivity index is 1.20. The van der Waals surface area contributed by atoms with Crippen LogP contribution in [-0.4, -0.2) is 73.3 Å². The van der Waals surface area contributed by atoms with Gasteiger partial charge in [-0.05, 0) is 42.7 Å². The highest BCUT2D eigenvalue weighted by Crippen LogP contribution is 2.38. The van der Waals surface area contributed by atoms with Crippen molar-refractivity contribution in [1.29, 1.82) is 0 Å². The SMILES string of the molecule is O=C(CN1CCN(c2ccccc2O)CC1)N1CCCC1c1ccc2c(c1)OCCO2. The number of phenolic OH excluding ortho intramolecular Hbond substituents is 1. The maximum Gasteiger partial charge on any atom is 0.237 e. The van der Waals surface area contributed by atoms with E-state index in [4.69, 9.17) is 9.47 Å². The standard InChI is InChI=1S/C24H29N3O4/c28-21-6-2-1-4-20(21)26-12-10-25(11-13-26)17-24(29)27-9-3-5-19(27)18-7-8-22-23(16-18)31-15-14-30-22/h1-2,4,6-8,16,19,28H,3,5,9-15,17H2. The minimum Gasteiger partial charge on any atom is -0.506 e. The van der Waals surface area contributed by atoms with Crippen molar-refractivity contribution in [3.63, 3.8) is 0 Å². The number of carbonyl (C=O) groups is 1. The van der Waals surface area contributed by atoms with Crippen LogP contribution in [0.15, 0.2) is 42.5 Å². The number of fused-ring (bicyclic) bond motifs is 1. The van der Waals surface area contributed by atoms with Crippen LogP contribution < -0.4 is 14.4 Å². The van der Waals surface area contributed by atoms with Crippen LogP contribution in [0.2, 0.25) is 0 Å². The number of piperazine rings is 1. The van der Waals surface area contributed by atoms with Gasteiger partial charge >= 0.3 is 0 Å². The molecule has 2 saturated heterocycles. The number of hydrogen-bond donors (Lipinski definition) is 1. The smallest absolute Gasteiger partial charge is 0.237 e. The van der Waals surface area contributed by atoms with Crippen molar-refractivity contribution in [3.8, 4) is 17.2 Å². The molecule has 5 rings (SSSR count). The zero-order valence-electron chi connectivity index (χ0n) is 17.7. The summed E-state index contributed by atoms with van der Waals surface area (Å²) in [7, 11) is 0. The molecule has 164 valence electrons. The zero-order valence-corrected chi connectivity index (χ0v) is 17.7. The Morgan fingerprint density at radius 3 is 2.55 bits per heavy atom. The first-order valence-electron chi connectivity index (χ1n) is 11.1. The van der Waals surface area contributed by atoms with E-state index in [-0.39, 0.29) is 11.9 Å². The molecule has 31 heavy (non-hydrogen) atoms. The van der Waals surface area contributed by atoms with E-state index in [1.54, 1.807) is 6.07 Å². The lowest BCUT2D eigenvalue weighted by Gasteiger charge is -2.37. The van der Waals surface area contributed by atoms with Gasteiger partial charge in [-0.1, -0.05) is 18.2 Å². The number of aromatic hydroxyl groups is 1. The Bertz CT molecular complexity index is 942. The number of phenols is 1. The molecule has 1 amide bonds. The summed E-state index contributed by atoms with van der Waals surface area (Å²) >= 11 is 0. The second kappa shape index (κ2) is 8.67. The van der Waals surface area contributed by atoms with Crippen molar-refractivity contribution in [2.24, 2.45) is 0 Å². The number of ether oxygens (including phenoxy) is 2. The average Bonchev–Trinajstić information content (AvgIpc) is 3.30. The predicted molar refractivity (Wildman–Crippen MR) is 118 cm³/mol.